The Bertz CT molecular complexity index is 1170. The second kappa shape index (κ2) is 9.62. The third kappa shape index (κ3) is 4.86. The number of anilines is 1. The van der Waals surface area contributed by atoms with Crippen molar-refractivity contribution in [2.24, 2.45) is 0 Å². The molecule has 0 spiro atoms. The fourth-order valence-electron chi connectivity index (χ4n) is 3.26. The van der Waals surface area contributed by atoms with Crippen LogP contribution in [0.2, 0.25) is 0 Å². The van der Waals surface area contributed by atoms with Crippen molar-refractivity contribution in [2.75, 3.05) is 18.1 Å². The maximum Gasteiger partial charge on any atom is 0.267 e. The van der Waals surface area contributed by atoms with Crippen molar-refractivity contribution in [3.05, 3.63) is 83.9 Å². The van der Waals surface area contributed by atoms with Gasteiger partial charge in [-0.1, -0.05) is 65.9 Å². The van der Waals surface area contributed by atoms with Crippen LogP contribution in [0.15, 0.2) is 72.8 Å². The van der Waals surface area contributed by atoms with E-state index >= 15 is 0 Å². The maximum atomic E-state index is 13.3. The third-order valence-electron chi connectivity index (χ3n) is 4.83. The highest BCUT2D eigenvalue weighted by Crippen LogP contribution is 2.35. The molecule has 0 saturated carbocycles. The second-order valence-corrected chi connectivity index (χ2v) is 8.06. The Morgan fingerprint density at radius 3 is 2.45 bits per heavy atom. The van der Waals surface area contributed by atoms with Gasteiger partial charge in [0.2, 0.25) is 0 Å². The Balaban J connectivity index is 1.64. The number of thiazole rings is 1. The maximum absolute atomic E-state index is 13.3. The van der Waals surface area contributed by atoms with Crippen LogP contribution in [0.1, 0.15) is 18.1 Å². The molecule has 0 radical (unpaired) electrons. The van der Waals surface area contributed by atoms with Gasteiger partial charge in [0.05, 0.1) is 17.9 Å². The Hall–Kier alpha value is -3.38. The minimum absolute atomic E-state index is 0.0636. The first-order chi connectivity index (χ1) is 15.2. The van der Waals surface area contributed by atoms with Crippen molar-refractivity contribution < 1.29 is 14.3 Å². The summed E-state index contributed by atoms with van der Waals surface area (Å²) in [5, 5.41) is 0.629. The van der Waals surface area contributed by atoms with Gasteiger partial charge in [0.1, 0.15) is 17.0 Å². The highest BCUT2D eigenvalue weighted by molar-refractivity contribution is 7.22. The average Bonchev–Trinajstić information content (AvgIpc) is 3.23. The van der Waals surface area contributed by atoms with Crippen LogP contribution in [-0.2, 0) is 11.3 Å². The lowest BCUT2D eigenvalue weighted by Gasteiger charge is -2.20. The van der Waals surface area contributed by atoms with Crippen LogP contribution in [0.4, 0.5) is 5.13 Å². The average molecular weight is 433 g/mol. The van der Waals surface area contributed by atoms with Crippen molar-refractivity contribution in [3.63, 3.8) is 0 Å². The number of rotatable bonds is 8. The quantitative estimate of drug-likeness (QED) is 0.363. The standard InChI is InChI=1S/C25H24N2O3S/c1-3-29-21-14-9-15-22-24(21)26-25(31-22)27(16-19-11-5-4-6-12-19)23(28)17-30-20-13-8-7-10-18(20)2/h4-15H,3,16-17H2,1-2H3. The van der Waals surface area contributed by atoms with Crippen molar-refractivity contribution in [1.82, 2.24) is 4.98 Å². The highest BCUT2D eigenvalue weighted by Gasteiger charge is 2.22. The number of nitrogens with zero attached hydrogens (tertiary/aromatic N) is 2. The molecule has 158 valence electrons. The molecule has 4 aromatic rings. The van der Waals surface area contributed by atoms with Crippen LogP contribution in [0.3, 0.4) is 0 Å². The van der Waals surface area contributed by atoms with E-state index in [9.17, 15) is 4.79 Å². The summed E-state index contributed by atoms with van der Waals surface area (Å²) in [5.41, 5.74) is 2.79. The van der Waals surface area contributed by atoms with Crippen LogP contribution in [0.25, 0.3) is 10.2 Å². The van der Waals surface area contributed by atoms with Gasteiger partial charge in [0.15, 0.2) is 11.7 Å². The van der Waals surface area contributed by atoms with E-state index in [0.29, 0.717) is 24.0 Å². The number of amides is 1. The minimum Gasteiger partial charge on any atom is -0.492 e. The highest BCUT2D eigenvalue weighted by atomic mass is 32.1. The van der Waals surface area contributed by atoms with Gasteiger partial charge in [-0.3, -0.25) is 9.69 Å². The van der Waals surface area contributed by atoms with Crippen molar-refractivity contribution >= 4 is 32.6 Å². The molecule has 31 heavy (non-hydrogen) atoms. The summed E-state index contributed by atoms with van der Waals surface area (Å²) in [7, 11) is 0. The molecule has 6 heteroatoms. The summed E-state index contributed by atoms with van der Waals surface area (Å²) in [4.78, 5) is 19.7. The topological polar surface area (TPSA) is 51.7 Å². The van der Waals surface area contributed by atoms with E-state index in [2.05, 4.69) is 0 Å². The molecule has 5 nitrogen and oxygen atoms in total. The number of aryl methyl sites for hydroxylation is 1. The van der Waals surface area contributed by atoms with Crippen molar-refractivity contribution in [3.8, 4) is 11.5 Å². The number of hydrogen-bond acceptors (Lipinski definition) is 5. The molecule has 0 N–H and O–H groups in total. The molecule has 0 aliphatic heterocycles. The molecule has 1 heterocycles. The molecule has 0 bridgehead atoms. The first kappa shape index (κ1) is 20.9. The number of carbonyl (C=O) groups is 1. The molecule has 1 amide bonds. The lowest BCUT2D eigenvalue weighted by molar-refractivity contribution is -0.120. The van der Waals surface area contributed by atoms with Gasteiger partial charge in [-0.15, -0.1) is 0 Å². The van der Waals surface area contributed by atoms with Gasteiger partial charge in [0.25, 0.3) is 5.91 Å². The molecular formula is C25H24N2O3S. The number of ether oxygens (including phenoxy) is 2. The summed E-state index contributed by atoms with van der Waals surface area (Å²) in [6, 6.07) is 23.4. The summed E-state index contributed by atoms with van der Waals surface area (Å²) in [6.07, 6.45) is 0. The fraction of sp³-hybridized carbons (Fsp3) is 0.200. The van der Waals surface area contributed by atoms with Gasteiger partial charge >= 0.3 is 0 Å². The van der Waals surface area contributed by atoms with E-state index < -0.39 is 0 Å². The van der Waals surface area contributed by atoms with Crippen LogP contribution >= 0.6 is 11.3 Å². The molecule has 3 aromatic carbocycles. The number of aromatic nitrogens is 1. The van der Waals surface area contributed by atoms with Gasteiger partial charge in [-0.2, -0.15) is 0 Å². The number of hydrogen-bond donors (Lipinski definition) is 0. The number of para-hydroxylation sites is 2. The van der Waals surface area contributed by atoms with Gasteiger partial charge in [-0.25, -0.2) is 4.98 Å². The van der Waals surface area contributed by atoms with Crippen molar-refractivity contribution in [1.29, 1.82) is 0 Å². The molecule has 0 fully saturated rings. The van der Waals surface area contributed by atoms with Crippen LogP contribution < -0.4 is 14.4 Å². The largest absolute Gasteiger partial charge is 0.492 e. The zero-order chi connectivity index (χ0) is 21.6. The predicted octanol–water partition coefficient (Wildman–Crippen LogP) is 5.62. The zero-order valence-corrected chi connectivity index (χ0v) is 18.4. The van der Waals surface area contributed by atoms with Crippen LogP contribution in [-0.4, -0.2) is 24.1 Å². The van der Waals surface area contributed by atoms with E-state index in [1.165, 1.54) is 11.3 Å². The second-order valence-electron chi connectivity index (χ2n) is 7.05. The van der Waals surface area contributed by atoms with E-state index in [1.54, 1.807) is 4.90 Å². The summed E-state index contributed by atoms with van der Waals surface area (Å²) in [6.45, 7) is 4.82. The fourth-order valence-corrected chi connectivity index (χ4v) is 4.26. The Morgan fingerprint density at radius 2 is 1.68 bits per heavy atom. The SMILES string of the molecule is CCOc1cccc2sc(N(Cc3ccccc3)C(=O)COc3ccccc3C)nc12. The Kier molecular flexibility index (Phi) is 6.48. The molecule has 0 atom stereocenters. The van der Waals surface area contributed by atoms with E-state index in [0.717, 1.165) is 27.1 Å². The molecular weight excluding hydrogens is 408 g/mol. The summed E-state index contributed by atoms with van der Waals surface area (Å²) < 4.78 is 12.5. The zero-order valence-electron chi connectivity index (χ0n) is 17.6. The number of benzene rings is 3. The number of fused-ring (bicyclic) bond motifs is 1. The van der Waals surface area contributed by atoms with Gasteiger partial charge < -0.3 is 9.47 Å². The lowest BCUT2D eigenvalue weighted by atomic mass is 10.2. The first-order valence-electron chi connectivity index (χ1n) is 10.2. The molecule has 0 saturated heterocycles. The van der Waals surface area contributed by atoms with Crippen LogP contribution in [0.5, 0.6) is 11.5 Å². The summed E-state index contributed by atoms with van der Waals surface area (Å²) in [5.74, 6) is 1.29. The van der Waals surface area contributed by atoms with Crippen LogP contribution in [0, 0.1) is 6.92 Å². The smallest absolute Gasteiger partial charge is 0.267 e. The van der Waals surface area contributed by atoms with E-state index in [-0.39, 0.29) is 12.5 Å². The molecule has 0 aliphatic rings. The van der Waals surface area contributed by atoms with E-state index in [1.807, 2.05) is 86.6 Å². The first-order valence-corrected chi connectivity index (χ1v) is 11.0. The Morgan fingerprint density at radius 1 is 0.935 bits per heavy atom. The van der Waals surface area contributed by atoms with Crippen molar-refractivity contribution in [2.45, 2.75) is 20.4 Å². The monoisotopic (exact) mass is 432 g/mol. The van der Waals surface area contributed by atoms with E-state index in [4.69, 9.17) is 14.5 Å². The van der Waals surface area contributed by atoms with Gasteiger partial charge in [-0.05, 0) is 43.2 Å². The third-order valence-corrected chi connectivity index (χ3v) is 5.87. The molecule has 0 aliphatic carbocycles. The lowest BCUT2D eigenvalue weighted by Crippen LogP contribution is -2.34. The predicted molar refractivity (Wildman–Crippen MR) is 125 cm³/mol. The Labute approximate surface area is 185 Å². The molecule has 0 unspecified atom stereocenters. The minimum atomic E-state index is -0.149. The molecule has 4 rings (SSSR count). The normalized spacial score (nSPS) is 10.8. The number of carbonyl (C=O) groups excluding carboxylic acids is 1. The molecule has 1 aromatic heterocycles. The van der Waals surface area contributed by atoms with Gasteiger partial charge in [0, 0.05) is 0 Å². The summed E-state index contributed by atoms with van der Waals surface area (Å²) >= 11 is 1.48.